The standard InChI is InChI=1S/C26H33N3O3/c1-28(2)24-14-11-22(27-25(30)19-5-4-6-19)15-21(24)17-29(16-18-7-8-18)26(31)20-9-12-23(32-3)13-10-20/h9-15,18-19H,4-8,16-17H2,1-3H3,(H,27,30). The van der Waals surface area contributed by atoms with Crippen molar-refractivity contribution in [3.63, 3.8) is 0 Å². The van der Waals surface area contributed by atoms with Gasteiger partial charge in [0.25, 0.3) is 5.91 Å². The van der Waals surface area contributed by atoms with Gasteiger partial charge in [-0.25, -0.2) is 0 Å². The number of nitrogens with zero attached hydrogens (tertiary/aromatic N) is 2. The summed E-state index contributed by atoms with van der Waals surface area (Å²) in [5, 5.41) is 3.08. The van der Waals surface area contributed by atoms with E-state index in [1.807, 2.05) is 61.5 Å². The molecule has 2 amide bonds. The van der Waals surface area contributed by atoms with Gasteiger partial charge in [0.2, 0.25) is 5.91 Å². The van der Waals surface area contributed by atoms with Gasteiger partial charge < -0.3 is 19.9 Å². The number of nitrogens with one attached hydrogen (secondary N) is 1. The molecule has 2 aliphatic carbocycles. The van der Waals surface area contributed by atoms with E-state index in [-0.39, 0.29) is 17.7 Å². The second kappa shape index (κ2) is 9.63. The SMILES string of the molecule is COc1ccc(C(=O)N(Cc2cc(NC(=O)C3CCC3)ccc2N(C)C)CC2CC2)cc1. The molecule has 2 aromatic carbocycles. The van der Waals surface area contributed by atoms with E-state index in [1.54, 1.807) is 7.11 Å². The van der Waals surface area contributed by atoms with Crippen molar-refractivity contribution in [3.05, 3.63) is 53.6 Å². The summed E-state index contributed by atoms with van der Waals surface area (Å²) in [7, 11) is 5.62. The minimum Gasteiger partial charge on any atom is -0.497 e. The van der Waals surface area contributed by atoms with Gasteiger partial charge in [-0.1, -0.05) is 6.42 Å². The first kappa shape index (κ1) is 22.2. The van der Waals surface area contributed by atoms with Gasteiger partial charge in [0.05, 0.1) is 7.11 Å². The third kappa shape index (κ3) is 5.23. The van der Waals surface area contributed by atoms with E-state index >= 15 is 0 Å². The summed E-state index contributed by atoms with van der Waals surface area (Å²) >= 11 is 0. The smallest absolute Gasteiger partial charge is 0.254 e. The molecule has 170 valence electrons. The lowest BCUT2D eigenvalue weighted by atomic mass is 9.85. The third-order valence-electron chi connectivity index (χ3n) is 6.47. The average Bonchev–Trinajstić information content (AvgIpc) is 3.55. The Balaban J connectivity index is 1.57. The Kier molecular flexibility index (Phi) is 6.68. The van der Waals surface area contributed by atoms with Crippen molar-refractivity contribution in [2.45, 2.75) is 38.6 Å². The average molecular weight is 436 g/mol. The summed E-state index contributed by atoms with van der Waals surface area (Å²) in [5.74, 6) is 1.56. The Hall–Kier alpha value is -3.02. The largest absolute Gasteiger partial charge is 0.497 e. The maximum Gasteiger partial charge on any atom is 0.254 e. The molecule has 0 spiro atoms. The number of anilines is 2. The van der Waals surface area contributed by atoms with Crippen molar-refractivity contribution >= 4 is 23.2 Å². The maximum absolute atomic E-state index is 13.4. The molecule has 4 rings (SSSR count). The van der Waals surface area contributed by atoms with Crippen LogP contribution < -0.4 is 15.0 Å². The van der Waals surface area contributed by atoms with Crippen LogP contribution >= 0.6 is 0 Å². The molecule has 6 heteroatoms. The maximum atomic E-state index is 13.4. The first-order valence-electron chi connectivity index (χ1n) is 11.5. The highest BCUT2D eigenvalue weighted by molar-refractivity contribution is 5.95. The number of benzene rings is 2. The Morgan fingerprint density at radius 2 is 1.75 bits per heavy atom. The van der Waals surface area contributed by atoms with Gasteiger partial charge in [-0.3, -0.25) is 9.59 Å². The summed E-state index contributed by atoms with van der Waals surface area (Å²) in [6.07, 6.45) is 5.42. The van der Waals surface area contributed by atoms with Crippen LogP contribution in [0.2, 0.25) is 0 Å². The van der Waals surface area contributed by atoms with Crippen molar-refractivity contribution in [2.24, 2.45) is 11.8 Å². The first-order valence-corrected chi connectivity index (χ1v) is 11.5. The van der Waals surface area contributed by atoms with Gasteiger partial charge in [0.1, 0.15) is 5.75 Å². The zero-order valence-corrected chi connectivity index (χ0v) is 19.3. The van der Waals surface area contributed by atoms with Crippen molar-refractivity contribution in [1.29, 1.82) is 0 Å². The molecular formula is C26H33N3O3. The molecular weight excluding hydrogens is 402 g/mol. The molecule has 0 radical (unpaired) electrons. The Morgan fingerprint density at radius 1 is 1.03 bits per heavy atom. The number of hydrogen-bond donors (Lipinski definition) is 1. The summed E-state index contributed by atoms with van der Waals surface area (Å²) in [5.41, 5.74) is 3.54. The highest BCUT2D eigenvalue weighted by atomic mass is 16.5. The molecule has 0 saturated heterocycles. The molecule has 1 N–H and O–H groups in total. The van der Waals surface area contributed by atoms with Crippen molar-refractivity contribution in [1.82, 2.24) is 4.90 Å². The number of methoxy groups -OCH3 is 1. The van der Waals surface area contributed by atoms with Crippen LogP contribution in [0.5, 0.6) is 5.75 Å². The summed E-state index contributed by atoms with van der Waals surface area (Å²) in [6.45, 7) is 1.25. The van der Waals surface area contributed by atoms with Crippen LogP contribution in [0.25, 0.3) is 0 Å². The van der Waals surface area contributed by atoms with Crippen LogP contribution in [0, 0.1) is 11.8 Å². The lowest BCUT2D eigenvalue weighted by molar-refractivity contribution is -0.122. The quantitative estimate of drug-likeness (QED) is 0.628. The number of carbonyl (C=O) groups is 2. The van der Waals surface area contributed by atoms with Gasteiger partial charge in [-0.15, -0.1) is 0 Å². The van der Waals surface area contributed by atoms with E-state index in [2.05, 4.69) is 10.2 Å². The molecule has 0 aliphatic heterocycles. The molecule has 2 aromatic rings. The van der Waals surface area contributed by atoms with Crippen LogP contribution in [0.4, 0.5) is 11.4 Å². The van der Waals surface area contributed by atoms with Gasteiger partial charge in [-0.05, 0) is 79.6 Å². The van der Waals surface area contributed by atoms with Crippen LogP contribution in [-0.4, -0.2) is 44.5 Å². The molecule has 0 unspecified atom stereocenters. The molecule has 0 aromatic heterocycles. The molecule has 0 atom stereocenters. The lowest BCUT2D eigenvalue weighted by Gasteiger charge is -2.27. The van der Waals surface area contributed by atoms with Gasteiger partial charge in [-0.2, -0.15) is 0 Å². The molecule has 2 saturated carbocycles. The van der Waals surface area contributed by atoms with Crippen LogP contribution in [0.3, 0.4) is 0 Å². The zero-order chi connectivity index (χ0) is 22.7. The molecule has 2 fully saturated rings. The fourth-order valence-electron chi connectivity index (χ4n) is 4.09. The van der Waals surface area contributed by atoms with Gasteiger partial charge in [0.15, 0.2) is 0 Å². The number of hydrogen-bond acceptors (Lipinski definition) is 4. The first-order chi connectivity index (χ1) is 15.4. The molecule has 0 bridgehead atoms. The zero-order valence-electron chi connectivity index (χ0n) is 19.3. The molecule has 0 heterocycles. The Morgan fingerprint density at radius 3 is 2.31 bits per heavy atom. The highest BCUT2D eigenvalue weighted by Gasteiger charge is 2.29. The molecule has 6 nitrogen and oxygen atoms in total. The van der Waals surface area contributed by atoms with Crippen molar-refractivity contribution < 1.29 is 14.3 Å². The summed E-state index contributed by atoms with van der Waals surface area (Å²) < 4.78 is 5.23. The number of rotatable bonds is 9. The van der Waals surface area contributed by atoms with Crippen molar-refractivity contribution in [2.75, 3.05) is 38.0 Å². The lowest BCUT2D eigenvalue weighted by Crippen LogP contribution is -2.33. The third-order valence-corrected chi connectivity index (χ3v) is 6.47. The summed E-state index contributed by atoms with van der Waals surface area (Å²) in [4.78, 5) is 29.8. The van der Waals surface area contributed by atoms with Crippen LogP contribution in [-0.2, 0) is 11.3 Å². The topological polar surface area (TPSA) is 61.9 Å². The second-order valence-corrected chi connectivity index (χ2v) is 9.21. The van der Waals surface area contributed by atoms with Crippen molar-refractivity contribution in [3.8, 4) is 5.75 Å². The van der Waals surface area contributed by atoms with E-state index in [9.17, 15) is 9.59 Å². The second-order valence-electron chi connectivity index (χ2n) is 9.21. The fraction of sp³-hybridized carbons (Fsp3) is 0.462. The predicted molar refractivity (Wildman–Crippen MR) is 127 cm³/mol. The van der Waals surface area contributed by atoms with E-state index < -0.39 is 0 Å². The molecule has 32 heavy (non-hydrogen) atoms. The Bertz CT molecular complexity index is 963. The van der Waals surface area contributed by atoms with Gasteiger partial charge >= 0.3 is 0 Å². The van der Waals surface area contributed by atoms with Crippen LogP contribution in [0.1, 0.15) is 48.0 Å². The Labute approximate surface area is 190 Å². The monoisotopic (exact) mass is 435 g/mol. The minimum absolute atomic E-state index is 0.0214. The van der Waals surface area contributed by atoms with E-state index in [1.165, 1.54) is 12.8 Å². The van der Waals surface area contributed by atoms with Crippen LogP contribution in [0.15, 0.2) is 42.5 Å². The minimum atomic E-state index is 0.0214. The van der Waals surface area contributed by atoms with Gasteiger partial charge in [0, 0.05) is 50.0 Å². The normalized spacial score (nSPS) is 15.6. The number of carbonyl (C=O) groups excluding carboxylic acids is 2. The number of ether oxygens (including phenoxy) is 1. The number of amides is 2. The van der Waals surface area contributed by atoms with E-state index in [0.29, 0.717) is 18.0 Å². The predicted octanol–water partition coefficient (Wildman–Crippen LogP) is 4.55. The van der Waals surface area contributed by atoms with E-state index in [4.69, 9.17) is 4.74 Å². The highest BCUT2D eigenvalue weighted by Crippen LogP contribution is 2.33. The fourth-order valence-corrected chi connectivity index (χ4v) is 4.09. The summed E-state index contributed by atoms with van der Waals surface area (Å²) in [6, 6.07) is 13.3. The molecule has 2 aliphatic rings. The van der Waals surface area contributed by atoms with E-state index in [0.717, 1.165) is 48.5 Å².